The lowest BCUT2D eigenvalue weighted by atomic mass is 10.2. The largest absolute Gasteiger partial charge is 0.468 e. The Hall–Kier alpha value is -2.13. The average molecular weight is 342 g/mol. The number of sulfonamides is 1. The molecule has 1 atom stereocenters. The fourth-order valence-corrected chi connectivity index (χ4v) is 3.28. The zero-order valence-electron chi connectivity index (χ0n) is 12.9. The molecule has 0 saturated heterocycles. The number of nitrogens with one attached hydrogen (secondary N) is 1. The van der Waals surface area contributed by atoms with Crippen molar-refractivity contribution in [2.24, 2.45) is 16.5 Å². The minimum Gasteiger partial charge on any atom is -0.468 e. The smallest absolute Gasteiger partial charge is 0.323 e. The van der Waals surface area contributed by atoms with Crippen LogP contribution < -0.4 is 16.2 Å². The van der Waals surface area contributed by atoms with Gasteiger partial charge in [-0.25, -0.2) is 13.1 Å². The summed E-state index contributed by atoms with van der Waals surface area (Å²) in [6, 6.07) is 7.72. The van der Waals surface area contributed by atoms with Crippen LogP contribution in [0.4, 0.5) is 0 Å². The molecule has 5 N–H and O–H groups in total. The van der Waals surface area contributed by atoms with E-state index >= 15 is 0 Å². The summed E-state index contributed by atoms with van der Waals surface area (Å²) in [5.74, 6) is -0.912. The molecule has 8 nitrogen and oxygen atoms in total. The number of nitrogens with two attached hydrogens (primary N) is 2. The van der Waals surface area contributed by atoms with Gasteiger partial charge in [0.1, 0.15) is 6.04 Å². The number of esters is 1. The molecule has 0 amide bonds. The van der Waals surface area contributed by atoms with Gasteiger partial charge in [-0.3, -0.25) is 9.79 Å². The van der Waals surface area contributed by atoms with Crippen molar-refractivity contribution in [3.8, 4) is 0 Å². The second kappa shape index (κ2) is 9.11. The minimum absolute atomic E-state index is 0.0516. The Morgan fingerprint density at radius 1 is 1.30 bits per heavy atom. The Labute approximate surface area is 136 Å². The molecule has 1 aromatic carbocycles. The van der Waals surface area contributed by atoms with Crippen molar-refractivity contribution in [1.82, 2.24) is 4.72 Å². The van der Waals surface area contributed by atoms with E-state index in [1.165, 1.54) is 7.11 Å². The van der Waals surface area contributed by atoms with Crippen LogP contribution in [0.2, 0.25) is 0 Å². The summed E-state index contributed by atoms with van der Waals surface area (Å²) in [6.07, 6.45) is 0.670. The fourth-order valence-electron chi connectivity index (χ4n) is 1.92. The molecule has 0 aliphatic heterocycles. The summed E-state index contributed by atoms with van der Waals surface area (Å²) in [5, 5.41) is 0. The first-order chi connectivity index (χ1) is 10.8. The molecule has 0 fully saturated rings. The molecular formula is C14H22N4O4S. The predicted molar refractivity (Wildman–Crippen MR) is 87.9 cm³/mol. The lowest BCUT2D eigenvalue weighted by Gasteiger charge is -2.16. The SMILES string of the molecule is COC(=O)[C@H](CCCN=C(N)N)NS(=O)(=O)Cc1ccccc1. The van der Waals surface area contributed by atoms with Gasteiger partial charge in [0.25, 0.3) is 0 Å². The van der Waals surface area contributed by atoms with Gasteiger partial charge in [0, 0.05) is 6.54 Å². The van der Waals surface area contributed by atoms with Crippen LogP contribution in [-0.4, -0.2) is 40.0 Å². The van der Waals surface area contributed by atoms with Crippen molar-refractivity contribution in [2.75, 3.05) is 13.7 Å². The number of hydrogen-bond donors (Lipinski definition) is 3. The first-order valence-electron chi connectivity index (χ1n) is 7.01. The van der Waals surface area contributed by atoms with Crippen molar-refractivity contribution in [3.63, 3.8) is 0 Å². The molecule has 0 unspecified atom stereocenters. The highest BCUT2D eigenvalue weighted by molar-refractivity contribution is 7.88. The number of carbonyl (C=O) groups excluding carboxylic acids is 1. The van der Waals surface area contributed by atoms with Gasteiger partial charge in [0.05, 0.1) is 12.9 Å². The topological polar surface area (TPSA) is 137 Å². The highest BCUT2D eigenvalue weighted by Crippen LogP contribution is 2.08. The van der Waals surface area contributed by atoms with E-state index in [1.54, 1.807) is 30.3 Å². The second-order valence-electron chi connectivity index (χ2n) is 4.89. The molecule has 0 spiro atoms. The normalized spacial score (nSPS) is 12.4. The van der Waals surface area contributed by atoms with E-state index < -0.39 is 22.0 Å². The van der Waals surface area contributed by atoms with Gasteiger partial charge in [0.2, 0.25) is 10.0 Å². The van der Waals surface area contributed by atoms with Gasteiger partial charge in [-0.1, -0.05) is 30.3 Å². The maximum Gasteiger partial charge on any atom is 0.323 e. The molecule has 1 aromatic rings. The van der Waals surface area contributed by atoms with E-state index in [1.807, 2.05) is 0 Å². The quantitative estimate of drug-likeness (QED) is 0.244. The standard InChI is InChI=1S/C14H22N4O4S/c1-22-13(19)12(8-5-9-17-14(15)16)18-23(20,21)10-11-6-3-2-4-7-11/h2-4,6-7,12,18H,5,8-10H2,1H3,(H4,15,16,17)/t12-/m0/s1. The van der Waals surface area contributed by atoms with Crippen LogP contribution in [0.1, 0.15) is 18.4 Å². The summed E-state index contributed by atoms with van der Waals surface area (Å²) >= 11 is 0. The molecule has 128 valence electrons. The van der Waals surface area contributed by atoms with Crippen LogP contribution in [0.5, 0.6) is 0 Å². The second-order valence-corrected chi connectivity index (χ2v) is 6.64. The fraction of sp³-hybridized carbons (Fsp3) is 0.429. The highest BCUT2D eigenvalue weighted by atomic mass is 32.2. The Morgan fingerprint density at radius 3 is 2.52 bits per heavy atom. The predicted octanol–water partition coefficient (Wildman–Crippen LogP) is -0.299. The lowest BCUT2D eigenvalue weighted by molar-refractivity contribution is -0.142. The van der Waals surface area contributed by atoms with Crippen molar-refractivity contribution in [1.29, 1.82) is 0 Å². The zero-order chi connectivity index (χ0) is 17.3. The van der Waals surface area contributed by atoms with E-state index in [0.717, 1.165) is 0 Å². The van der Waals surface area contributed by atoms with Crippen LogP contribution in [0.15, 0.2) is 35.3 Å². The monoisotopic (exact) mass is 342 g/mol. The molecule has 0 heterocycles. The summed E-state index contributed by atoms with van der Waals surface area (Å²) in [7, 11) is -2.47. The Balaban J connectivity index is 2.68. The molecule has 0 saturated carbocycles. The van der Waals surface area contributed by atoms with E-state index in [0.29, 0.717) is 18.5 Å². The van der Waals surface area contributed by atoms with Gasteiger partial charge in [-0.2, -0.15) is 0 Å². The van der Waals surface area contributed by atoms with Crippen LogP contribution in [-0.2, 0) is 25.3 Å². The van der Waals surface area contributed by atoms with Crippen LogP contribution in [0, 0.1) is 0 Å². The number of methoxy groups -OCH3 is 1. The number of rotatable bonds is 9. The molecular weight excluding hydrogens is 320 g/mol. The summed E-state index contributed by atoms with van der Waals surface area (Å²) in [5.41, 5.74) is 11.0. The number of ether oxygens (including phenoxy) is 1. The maximum absolute atomic E-state index is 12.2. The van der Waals surface area contributed by atoms with Gasteiger partial charge in [-0.15, -0.1) is 0 Å². The van der Waals surface area contributed by atoms with E-state index in [2.05, 4.69) is 14.5 Å². The first kappa shape index (κ1) is 18.9. The van der Waals surface area contributed by atoms with Gasteiger partial charge >= 0.3 is 5.97 Å². The zero-order valence-corrected chi connectivity index (χ0v) is 13.8. The Bertz CT molecular complexity index is 627. The maximum atomic E-state index is 12.2. The van der Waals surface area contributed by atoms with Crippen molar-refractivity contribution >= 4 is 22.0 Å². The van der Waals surface area contributed by atoms with E-state index in [4.69, 9.17) is 11.5 Å². The number of guanidine groups is 1. The summed E-state index contributed by atoms with van der Waals surface area (Å²) in [6.45, 7) is 0.302. The minimum atomic E-state index is -3.68. The Morgan fingerprint density at radius 2 is 1.96 bits per heavy atom. The van der Waals surface area contributed by atoms with Gasteiger partial charge in [0.15, 0.2) is 5.96 Å². The third-order valence-electron chi connectivity index (χ3n) is 2.95. The highest BCUT2D eigenvalue weighted by Gasteiger charge is 2.24. The molecule has 0 aliphatic rings. The van der Waals surface area contributed by atoms with Crippen molar-refractivity contribution in [2.45, 2.75) is 24.6 Å². The lowest BCUT2D eigenvalue weighted by Crippen LogP contribution is -2.42. The van der Waals surface area contributed by atoms with E-state index in [9.17, 15) is 13.2 Å². The number of benzene rings is 1. The third-order valence-corrected chi connectivity index (χ3v) is 4.31. The van der Waals surface area contributed by atoms with Crippen molar-refractivity contribution < 1.29 is 17.9 Å². The number of hydrogen-bond acceptors (Lipinski definition) is 5. The molecule has 1 rings (SSSR count). The molecule has 0 bridgehead atoms. The van der Waals surface area contributed by atoms with Crippen molar-refractivity contribution in [3.05, 3.63) is 35.9 Å². The van der Waals surface area contributed by atoms with Crippen LogP contribution in [0.3, 0.4) is 0 Å². The first-order valence-corrected chi connectivity index (χ1v) is 8.66. The molecule has 0 aromatic heterocycles. The third kappa shape index (κ3) is 7.61. The summed E-state index contributed by atoms with van der Waals surface area (Å²) in [4.78, 5) is 15.5. The number of nitrogens with zero attached hydrogens (tertiary/aromatic N) is 1. The van der Waals surface area contributed by atoms with Gasteiger partial charge < -0.3 is 16.2 Å². The summed E-state index contributed by atoms with van der Waals surface area (Å²) < 4.78 is 31.4. The molecule has 0 radical (unpaired) electrons. The number of aliphatic imine (C=N–C) groups is 1. The van der Waals surface area contributed by atoms with E-state index in [-0.39, 0.29) is 18.1 Å². The van der Waals surface area contributed by atoms with Crippen LogP contribution >= 0.6 is 0 Å². The molecule has 23 heavy (non-hydrogen) atoms. The number of carbonyl (C=O) groups is 1. The Kier molecular flexibility index (Phi) is 7.49. The van der Waals surface area contributed by atoms with Gasteiger partial charge in [-0.05, 0) is 18.4 Å². The molecule has 0 aliphatic carbocycles. The average Bonchev–Trinajstić information content (AvgIpc) is 2.49. The molecule has 9 heteroatoms. The van der Waals surface area contributed by atoms with Crippen LogP contribution in [0.25, 0.3) is 0 Å².